The van der Waals surface area contributed by atoms with Gasteiger partial charge in [0.15, 0.2) is 11.4 Å². The molecule has 0 aliphatic carbocycles. The normalized spacial score (nSPS) is 11.5. The number of imidazole rings is 1. The zero-order valence-corrected chi connectivity index (χ0v) is 16.5. The first-order valence-corrected chi connectivity index (χ1v) is 9.63. The van der Waals surface area contributed by atoms with E-state index in [1.54, 1.807) is 30.5 Å². The van der Waals surface area contributed by atoms with Crippen LogP contribution >= 0.6 is 23.2 Å². The summed E-state index contributed by atoms with van der Waals surface area (Å²) in [5, 5.41) is 13.2. The van der Waals surface area contributed by atoms with Crippen LogP contribution in [0.25, 0.3) is 0 Å². The van der Waals surface area contributed by atoms with Gasteiger partial charge >= 0.3 is 0 Å². The lowest BCUT2D eigenvalue weighted by Gasteiger charge is -2.30. The molecule has 1 heterocycles. The maximum absolute atomic E-state index is 12.0. The minimum atomic E-state index is -1.45. The van der Waals surface area contributed by atoms with Crippen molar-refractivity contribution in [1.82, 2.24) is 9.55 Å². The number of nitrogens with zero attached hydrogens (tertiary/aromatic N) is 2. The van der Waals surface area contributed by atoms with E-state index in [0.29, 0.717) is 33.5 Å². The summed E-state index contributed by atoms with van der Waals surface area (Å²) in [6.45, 7) is 0.597. The Morgan fingerprint density at radius 2 is 1.32 bits per heavy atom. The fourth-order valence-corrected chi connectivity index (χ4v) is 3.60. The molecular weight excluding hydrogens is 391 g/mol. The Morgan fingerprint density at radius 3 is 1.86 bits per heavy atom. The lowest BCUT2D eigenvalue weighted by molar-refractivity contribution is 0.111. The smallest absolute Gasteiger partial charge is 0.173 e. The summed E-state index contributed by atoms with van der Waals surface area (Å²) >= 11 is 12.1. The van der Waals surface area contributed by atoms with Crippen molar-refractivity contribution in [1.29, 1.82) is 0 Å². The monoisotopic (exact) mass is 408 g/mol. The number of aliphatic hydroxyl groups is 1. The number of hydrogen-bond donors (Lipinski definition) is 1. The zero-order chi connectivity index (χ0) is 19.6. The van der Waals surface area contributed by atoms with Gasteiger partial charge in [-0.15, -0.1) is 0 Å². The van der Waals surface area contributed by atoms with E-state index in [2.05, 4.69) is 4.98 Å². The predicted molar refractivity (Wildman–Crippen MR) is 113 cm³/mol. The standard InChI is InChI=1S/C23H18Cl2N2O/c24-20-10-6-18(7-11-20)23(28,19-8-12-21(25)13-9-19)22-26-14-15-27(22)16-17-4-2-1-3-5-17/h1-15,28H,16H2. The van der Waals surface area contributed by atoms with Crippen LogP contribution in [-0.2, 0) is 12.1 Å². The summed E-state index contributed by atoms with van der Waals surface area (Å²) in [6, 6.07) is 24.4. The SMILES string of the molecule is OC(c1ccc(Cl)cc1)(c1ccc(Cl)cc1)c1nccn1Cc1ccccc1. The molecule has 3 aromatic carbocycles. The third kappa shape index (κ3) is 3.57. The Hall–Kier alpha value is -2.59. The van der Waals surface area contributed by atoms with Gasteiger partial charge in [-0.3, -0.25) is 0 Å². The first kappa shape index (κ1) is 18.8. The summed E-state index contributed by atoms with van der Waals surface area (Å²) in [7, 11) is 0. The third-order valence-electron chi connectivity index (χ3n) is 4.76. The second-order valence-corrected chi connectivity index (χ2v) is 7.46. The van der Waals surface area contributed by atoms with E-state index >= 15 is 0 Å². The number of rotatable bonds is 5. The highest BCUT2D eigenvalue weighted by Gasteiger charge is 2.38. The van der Waals surface area contributed by atoms with Gasteiger partial charge in [-0.05, 0) is 41.0 Å². The highest BCUT2D eigenvalue weighted by atomic mass is 35.5. The second-order valence-electron chi connectivity index (χ2n) is 6.59. The van der Waals surface area contributed by atoms with Gasteiger partial charge in [-0.25, -0.2) is 4.98 Å². The number of halogens is 2. The van der Waals surface area contributed by atoms with Crippen LogP contribution in [0.3, 0.4) is 0 Å². The molecule has 0 aliphatic heterocycles. The van der Waals surface area contributed by atoms with Gasteiger partial charge < -0.3 is 9.67 Å². The van der Waals surface area contributed by atoms with Crippen molar-refractivity contribution in [2.24, 2.45) is 0 Å². The minimum Gasteiger partial charge on any atom is -0.373 e. The molecule has 1 N–H and O–H groups in total. The Labute approximate surface area is 173 Å². The first-order valence-electron chi connectivity index (χ1n) is 8.87. The van der Waals surface area contributed by atoms with Crippen molar-refractivity contribution in [3.8, 4) is 0 Å². The highest BCUT2D eigenvalue weighted by Crippen LogP contribution is 2.37. The van der Waals surface area contributed by atoms with Crippen molar-refractivity contribution in [2.45, 2.75) is 12.1 Å². The number of benzene rings is 3. The van der Waals surface area contributed by atoms with Crippen molar-refractivity contribution < 1.29 is 5.11 Å². The Balaban J connectivity index is 1.86. The van der Waals surface area contributed by atoms with E-state index in [-0.39, 0.29) is 0 Å². The third-order valence-corrected chi connectivity index (χ3v) is 5.26. The number of hydrogen-bond acceptors (Lipinski definition) is 2. The van der Waals surface area contributed by atoms with E-state index < -0.39 is 5.60 Å². The molecule has 0 saturated carbocycles. The second kappa shape index (κ2) is 7.80. The summed E-state index contributed by atoms with van der Waals surface area (Å²) in [6.07, 6.45) is 3.58. The summed E-state index contributed by atoms with van der Waals surface area (Å²) in [5.41, 5.74) is 1.03. The molecule has 0 unspecified atom stereocenters. The van der Waals surface area contributed by atoms with Gasteiger partial charge in [0, 0.05) is 29.0 Å². The lowest BCUT2D eigenvalue weighted by atomic mass is 9.85. The molecule has 0 spiro atoms. The average Bonchev–Trinajstić information content (AvgIpc) is 3.18. The molecule has 0 atom stereocenters. The van der Waals surface area contributed by atoms with E-state index in [1.165, 1.54) is 0 Å². The van der Waals surface area contributed by atoms with Gasteiger partial charge in [-0.2, -0.15) is 0 Å². The molecule has 0 fully saturated rings. The predicted octanol–water partition coefficient (Wildman–Crippen LogP) is 5.52. The van der Waals surface area contributed by atoms with E-state index in [1.807, 2.05) is 65.4 Å². The van der Waals surface area contributed by atoms with Gasteiger partial charge in [0.2, 0.25) is 0 Å². The molecular formula is C23H18Cl2N2O. The first-order chi connectivity index (χ1) is 13.6. The van der Waals surface area contributed by atoms with Crippen LogP contribution in [0.15, 0.2) is 91.3 Å². The van der Waals surface area contributed by atoms with Gasteiger partial charge in [0.1, 0.15) is 0 Å². The molecule has 1 aromatic heterocycles. The quantitative estimate of drug-likeness (QED) is 0.471. The summed E-state index contributed by atoms with van der Waals surface area (Å²) in [5.74, 6) is 0.529. The average molecular weight is 409 g/mol. The van der Waals surface area contributed by atoms with Crippen molar-refractivity contribution >= 4 is 23.2 Å². The highest BCUT2D eigenvalue weighted by molar-refractivity contribution is 6.30. The minimum absolute atomic E-state index is 0.529. The lowest BCUT2D eigenvalue weighted by Crippen LogP contribution is -2.32. The molecule has 0 aliphatic rings. The van der Waals surface area contributed by atoms with Crippen LogP contribution in [-0.4, -0.2) is 14.7 Å². The number of aromatic nitrogens is 2. The topological polar surface area (TPSA) is 38.1 Å². The molecule has 4 aromatic rings. The molecule has 0 saturated heterocycles. The van der Waals surface area contributed by atoms with E-state index in [0.717, 1.165) is 5.56 Å². The fourth-order valence-electron chi connectivity index (χ4n) is 3.35. The maximum Gasteiger partial charge on any atom is 0.173 e. The van der Waals surface area contributed by atoms with Crippen molar-refractivity contribution in [2.75, 3.05) is 0 Å². The summed E-state index contributed by atoms with van der Waals surface area (Å²) < 4.78 is 1.96. The van der Waals surface area contributed by atoms with Crippen LogP contribution in [0.1, 0.15) is 22.5 Å². The van der Waals surface area contributed by atoms with Crippen LogP contribution in [0.4, 0.5) is 0 Å². The maximum atomic E-state index is 12.0. The van der Waals surface area contributed by atoms with Crippen LogP contribution in [0, 0.1) is 0 Å². The van der Waals surface area contributed by atoms with E-state index in [4.69, 9.17) is 23.2 Å². The van der Waals surface area contributed by atoms with Gasteiger partial charge in [-0.1, -0.05) is 77.8 Å². The molecule has 3 nitrogen and oxygen atoms in total. The zero-order valence-electron chi connectivity index (χ0n) is 15.0. The van der Waals surface area contributed by atoms with Crippen molar-refractivity contribution in [3.63, 3.8) is 0 Å². The largest absolute Gasteiger partial charge is 0.373 e. The van der Waals surface area contributed by atoms with Gasteiger partial charge in [0.25, 0.3) is 0 Å². The summed E-state index contributed by atoms with van der Waals surface area (Å²) in [4.78, 5) is 4.53. The van der Waals surface area contributed by atoms with E-state index in [9.17, 15) is 5.11 Å². The van der Waals surface area contributed by atoms with Crippen molar-refractivity contribution in [3.05, 3.63) is 124 Å². The van der Waals surface area contributed by atoms with Crippen LogP contribution < -0.4 is 0 Å². The Morgan fingerprint density at radius 1 is 0.786 bits per heavy atom. The molecule has 140 valence electrons. The molecule has 5 heteroatoms. The molecule has 4 rings (SSSR count). The molecule has 0 radical (unpaired) electrons. The van der Waals surface area contributed by atoms with Crippen LogP contribution in [0.5, 0.6) is 0 Å². The Kier molecular flexibility index (Phi) is 5.23. The molecule has 28 heavy (non-hydrogen) atoms. The fraction of sp³-hybridized carbons (Fsp3) is 0.0870. The van der Waals surface area contributed by atoms with Crippen LogP contribution in [0.2, 0.25) is 10.0 Å². The molecule has 0 bridgehead atoms. The van der Waals surface area contributed by atoms with Gasteiger partial charge in [0.05, 0.1) is 0 Å². The molecule has 0 amide bonds. The Bertz CT molecular complexity index is 1010.